The fourth-order valence-electron chi connectivity index (χ4n) is 1.74. The minimum Gasteiger partial charge on any atom is -0.506 e. The smallest absolute Gasteiger partial charge is 0.343 e. The number of halogens is 4. The zero-order chi connectivity index (χ0) is 19.1. The lowest BCUT2D eigenvalue weighted by Gasteiger charge is -2.11. The van der Waals surface area contributed by atoms with Crippen molar-refractivity contribution in [2.45, 2.75) is 19.9 Å². The van der Waals surface area contributed by atoms with Gasteiger partial charge in [-0.2, -0.15) is 4.39 Å². The molecule has 0 aliphatic carbocycles. The van der Waals surface area contributed by atoms with Crippen molar-refractivity contribution in [3.63, 3.8) is 0 Å². The Labute approximate surface area is 141 Å². The van der Waals surface area contributed by atoms with Gasteiger partial charge in [0.1, 0.15) is 18.0 Å². The van der Waals surface area contributed by atoms with E-state index < -0.39 is 58.8 Å². The summed E-state index contributed by atoms with van der Waals surface area (Å²) in [6.07, 6.45) is 0.782. The van der Waals surface area contributed by atoms with Crippen LogP contribution in [-0.4, -0.2) is 43.7 Å². The summed E-state index contributed by atoms with van der Waals surface area (Å²) >= 11 is 0. The van der Waals surface area contributed by atoms with E-state index >= 15 is 0 Å². The standard InChI is InChI=1S/C16H17F4NO4/c1-4-25-16(23)10(7-21-8(2)6-17)14(22)9-5-11(18)13(20)15(24-3)12(9)19/h5,7-8,22H,4,6H2,1-3H3/b14-10-,21-7?. The van der Waals surface area contributed by atoms with Gasteiger partial charge in [0.25, 0.3) is 0 Å². The number of methoxy groups -OCH3 is 1. The normalized spacial score (nSPS) is 13.6. The summed E-state index contributed by atoms with van der Waals surface area (Å²) in [6, 6.07) is -0.490. The first-order valence-electron chi connectivity index (χ1n) is 7.19. The molecular weight excluding hydrogens is 346 g/mol. The van der Waals surface area contributed by atoms with Crippen molar-refractivity contribution < 1.29 is 36.9 Å². The lowest BCUT2D eigenvalue weighted by atomic mass is 10.1. The summed E-state index contributed by atoms with van der Waals surface area (Å²) in [6.45, 7) is 1.94. The molecule has 1 rings (SSSR count). The molecule has 0 saturated heterocycles. The first kappa shape index (κ1) is 20.5. The van der Waals surface area contributed by atoms with Crippen LogP contribution in [0.15, 0.2) is 16.6 Å². The van der Waals surface area contributed by atoms with E-state index in [0.29, 0.717) is 6.07 Å². The summed E-state index contributed by atoms with van der Waals surface area (Å²) in [5.74, 6) is -7.74. The predicted octanol–water partition coefficient (Wildman–Crippen LogP) is 3.37. The zero-order valence-electron chi connectivity index (χ0n) is 13.8. The van der Waals surface area contributed by atoms with E-state index in [1.165, 1.54) is 13.8 Å². The molecule has 9 heteroatoms. The summed E-state index contributed by atoms with van der Waals surface area (Å²) in [4.78, 5) is 15.6. The molecule has 0 aliphatic rings. The lowest BCUT2D eigenvalue weighted by Crippen LogP contribution is -2.14. The van der Waals surface area contributed by atoms with Crippen molar-refractivity contribution in [1.82, 2.24) is 0 Å². The molecule has 1 unspecified atom stereocenters. The number of esters is 1. The van der Waals surface area contributed by atoms with Crippen molar-refractivity contribution >= 4 is 17.9 Å². The highest BCUT2D eigenvalue weighted by atomic mass is 19.2. The summed E-state index contributed by atoms with van der Waals surface area (Å²) in [5, 5.41) is 10.2. The van der Waals surface area contributed by atoms with Crippen molar-refractivity contribution in [1.29, 1.82) is 0 Å². The first-order chi connectivity index (χ1) is 11.8. The molecule has 138 valence electrons. The first-order valence-corrected chi connectivity index (χ1v) is 7.19. The Morgan fingerprint density at radius 2 is 2.00 bits per heavy atom. The second-order valence-corrected chi connectivity index (χ2v) is 4.83. The summed E-state index contributed by atoms with van der Waals surface area (Å²) < 4.78 is 63.0. The second kappa shape index (κ2) is 9.05. The number of aliphatic imine (C=N–C) groups is 1. The number of hydrogen-bond acceptors (Lipinski definition) is 5. The van der Waals surface area contributed by atoms with Crippen molar-refractivity contribution in [2.75, 3.05) is 20.4 Å². The Morgan fingerprint density at radius 3 is 2.52 bits per heavy atom. The number of carbonyl (C=O) groups is 1. The maximum Gasteiger partial charge on any atom is 0.343 e. The lowest BCUT2D eigenvalue weighted by molar-refractivity contribution is -0.137. The fraction of sp³-hybridized carbons (Fsp3) is 0.375. The maximum atomic E-state index is 14.3. The van der Waals surface area contributed by atoms with E-state index in [1.807, 2.05) is 0 Å². The number of rotatable bonds is 7. The van der Waals surface area contributed by atoms with Gasteiger partial charge in [-0.1, -0.05) is 0 Å². The molecule has 0 radical (unpaired) electrons. The predicted molar refractivity (Wildman–Crippen MR) is 83.0 cm³/mol. The molecule has 5 nitrogen and oxygen atoms in total. The topological polar surface area (TPSA) is 68.1 Å². The number of alkyl halides is 1. The van der Waals surface area contributed by atoms with Gasteiger partial charge < -0.3 is 14.6 Å². The molecule has 0 amide bonds. The van der Waals surface area contributed by atoms with Gasteiger partial charge in [-0.25, -0.2) is 18.0 Å². The van der Waals surface area contributed by atoms with Crippen LogP contribution in [0.2, 0.25) is 0 Å². The highest BCUT2D eigenvalue weighted by Crippen LogP contribution is 2.31. The van der Waals surface area contributed by atoms with Gasteiger partial charge in [0, 0.05) is 6.21 Å². The molecular formula is C16H17F4NO4. The van der Waals surface area contributed by atoms with Gasteiger partial charge in [-0.15, -0.1) is 0 Å². The number of aliphatic hydroxyl groups excluding tert-OH is 1. The SMILES string of the molecule is CCOC(=O)/C(C=NC(C)CF)=C(\O)c1cc(F)c(F)c(OC)c1F. The van der Waals surface area contributed by atoms with Crippen LogP contribution in [0.4, 0.5) is 17.6 Å². The van der Waals surface area contributed by atoms with Crippen LogP contribution in [0.5, 0.6) is 5.75 Å². The molecule has 0 fully saturated rings. The highest BCUT2D eigenvalue weighted by molar-refractivity contribution is 6.15. The number of ether oxygens (including phenoxy) is 2. The van der Waals surface area contributed by atoms with Crippen LogP contribution in [-0.2, 0) is 9.53 Å². The van der Waals surface area contributed by atoms with Gasteiger partial charge in [-0.3, -0.25) is 4.99 Å². The third-order valence-corrected chi connectivity index (χ3v) is 3.01. The molecule has 0 heterocycles. The molecule has 1 aromatic carbocycles. The Hall–Kier alpha value is -2.58. The Balaban J connectivity index is 3.58. The minimum atomic E-state index is -1.59. The van der Waals surface area contributed by atoms with Crippen LogP contribution in [0.3, 0.4) is 0 Å². The molecule has 0 bridgehead atoms. The van der Waals surface area contributed by atoms with Gasteiger partial charge in [-0.05, 0) is 19.9 Å². The number of nitrogens with zero attached hydrogens (tertiary/aromatic N) is 1. The van der Waals surface area contributed by atoms with E-state index in [2.05, 4.69) is 9.73 Å². The van der Waals surface area contributed by atoms with Gasteiger partial charge in [0.15, 0.2) is 17.4 Å². The maximum absolute atomic E-state index is 14.3. The van der Waals surface area contributed by atoms with E-state index in [0.717, 1.165) is 13.3 Å². The molecule has 0 aromatic heterocycles. The zero-order valence-corrected chi connectivity index (χ0v) is 13.8. The summed E-state index contributed by atoms with van der Waals surface area (Å²) in [7, 11) is 0.905. The Bertz CT molecular complexity index is 704. The highest BCUT2D eigenvalue weighted by Gasteiger charge is 2.25. The van der Waals surface area contributed by atoms with Crippen LogP contribution in [0, 0.1) is 17.5 Å². The van der Waals surface area contributed by atoms with Gasteiger partial charge in [0.2, 0.25) is 5.82 Å². The van der Waals surface area contributed by atoms with E-state index in [-0.39, 0.29) is 6.61 Å². The van der Waals surface area contributed by atoms with E-state index in [9.17, 15) is 27.5 Å². The van der Waals surface area contributed by atoms with Crippen molar-refractivity contribution in [2.24, 2.45) is 4.99 Å². The number of carbonyl (C=O) groups excluding carboxylic acids is 1. The average molecular weight is 363 g/mol. The van der Waals surface area contributed by atoms with Crippen LogP contribution in [0.25, 0.3) is 5.76 Å². The Morgan fingerprint density at radius 1 is 1.36 bits per heavy atom. The summed E-state index contributed by atoms with van der Waals surface area (Å²) in [5.41, 5.74) is -1.48. The number of benzene rings is 1. The average Bonchev–Trinajstić information content (AvgIpc) is 2.58. The molecule has 25 heavy (non-hydrogen) atoms. The van der Waals surface area contributed by atoms with Crippen LogP contribution < -0.4 is 4.74 Å². The quantitative estimate of drug-likeness (QED) is 0.201. The third kappa shape index (κ3) is 4.71. The van der Waals surface area contributed by atoms with Crippen LogP contribution in [0.1, 0.15) is 19.4 Å². The Kier molecular flexibility index (Phi) is 7.41. The molecule has 1 atom stereocenters. The largest absolute Gasteiger partial charge is 0.506 e. The van der Waals surface area contributed by atoms with E-state index in [4.69, 9.17) is 4.74 Å². The molecule has 0 aliphatic heterocycles. The van der Waals surface area contributed by atoms with Crippen molar-refractivity contribution in [3.8, 4) is 5.75 Å². The fourth-order valence-corrected chi connectivity index (χ4v) is 1.74. The molecule has 1 N–H and O–H groups in total. The second-order valence-electron chi connectivity index (χ2n) is 4.83. The monoisotopic (exact) mass is 363 g/mol. The minimum absolute atomic E-state index is 0.0777. The van der Waals surface area contributed by atoms with Crippen LogP contribution >= 0.6 is 0 Å². The third-order valence-electron chi connectivity index (χ3n) is 3.01. The molecule has 0 saturated carbocycles. The molecule has 1 aromatic rings. The molecule has 0 spiro atoms. The van der Waals surface area contributed by atoms with E-state index in [1.54, 1.807) is 0 Å². The number of aliphatic hydroxyl groups is 1. The number of hydrogen-bond donors (Lipinski definition) is 1. The van der Waals surface area contributed by atoms with Gasteiger partial charge in [0.05, 0.1) is 25.3 Å². The van der Waals surface area contributed by atoms with Gasteiger partial charge >= 0.3 is 5.97 Å². The van der Waals surface area contributed by atoms with Crippen molar-refractivity contribution in [3.05, 3.63) is 34.7 Å².